The van der Waals surface area contributed by atoms with Gasteiger partial charge in [0, 0.05) is 32.6 Å². The van der Waals surface area contributed by atoms with Crippen LogP contribution in [-0.4, -0.2) is 8.80 Å². The molecule has 14 aromatic rings. The largest absolute Gasteiger partial charge is 0.309 e. The van der Waals surface area contributed by atoms with Crippen LogP contribution < -0.4 is 0 Å². The number of hydrogen-bond donors (Lipinski definition) is 0. The van der Waals surface area contributed by atoms with Gasteiger partial charge in [-0.15, -0.1) is 0 Å². The number of rotatable bonds is 0. The molecule has 0 unspecified atom stereocenters. The fraction of sp³-hybridized carbons (Fsp3) is 0. The third-order valence-electron chi connectivity index (χ3n) is 9.45. The van der Waals surface area contributed by atoms with E-state index >= 15 is 0 Å². The van der Waals surface area contributed by atoms with Gasteiger partial charge in [0.2, 0.25) is 0 Å². The molecule has 0 amide bonds. The van der Waals surface area contributed by atoms with Gasteiger partial charge in [0.25, 0.3) is 0 Å². The molecule has 7 aromatic heterocycles. The number of para-hydroxylation sites is 2. The Kier molecular flexibility index (Phi) is 4.75. The van der Waals surface area contributed by atoms with Gasteiger partial charge in [-0.05, 0) is 80.8 Å². The van der Waals surface area contributed by atoms with Crippen LogP contribution in [0.2, 0.25) is 0 Å². The molecule has 2 nitrogen and oxygen atoms in total. The molecule has 0 radical (unpaired) electrons. The van der Waals surface area contributed by atoms with E-state index in [4.69, 9.17) is 0 Å². The molecule has 0 aliphatic carbocycles. The zero-order chi connectivity index (χ0) is 28.8. The average Bonchev–Trinajstić information content (AvgIpc) is 3.61. The Morgan fingerprint density at radius 3 is 1.09 bits per heavy atom. The minimum Gasteiger partial charge on any atom is -0.309 e. The number of nitrogens with zero attached hydrogens (tertiary/aromatic N) is 2. The SMILES string of the molecule is c1ccc2c(c1)c1c3c4ccccc4n4c5cccc(c5)c5ccc(cc5)c5ccc(cc5)c5cccc(c5)n2c1ccc34. The Hall–Kier alpha value is -5.86. The average molecular weight is 559 g/mol. The summed E-state index contributed by atoms with van der Waals surface area (Å²) >= 11 is 0. The lowest BCUT2D eigenvalue weighted by Gasteiger charge is -2.04. The summed E-state index contributed by atoms with van der Waals surface area (Å²) in [6.45, 7) is 0. The molecular weight excluding hydrogens is 532 g/mol. The number of aromatic nitrogens is 2. The molecule has 0 saturated carbocycles. The topological polar surface area (TPSA) is 8.82 Å². The second kappa shape index (κ2) is 8.82. The minimum atomic E-state index is 1.17. The Balaban J connectivity index is 1.53. The van der Waals surface area contributed by atoms with Crippen LogP contribution in [0.5, 0.6) is 0 Å². The van der Waals surface area contributed by atoms with E-state index in [2.05, 4.69) is 167 Å². The number of hydrogen-bond acceptors (Lipinski definition) is 0. The van der Waals surface area contributed by atoms with Crippen molar-refractivity contribution in [2.45, 2.75) is 0 Å². The molecule has 0 atom stereocenters. The molecule has 2 heteroatoms. The molecule has 44 heavy (non-hydrogen) atoms. The van der Waals surface area contributed by atoms with E-state index in [0.29, 0.717) is 0 Å². The normalized spacial score (nSPS) is 12.1. The molecule has 0 N–H and O–H groups in total. The van der Waals surface area contributed by atoms with Crippen LogP contribution in [0, 0.1) is 0 Å². The first-order valence-corrected chi connectivity index (χ1v) is 15.2. The highest BCUT2D eigenvalue weighted by Gasteiger charge is 2.17. The smallest absolute Gasteiger partial charge is 0.0548 e. The van der Waals surface area contributed by atoms with Crippen molar-refractivity contribution in [2.75, 3.05) is 0 Å². The molecule has 0 aliphatic rings. The van der Waals surface area contributed by atoms with Crippen LogP contribution in [0.1, 0.15) is 0 Å². The van der Waals surface area contributed by atoms with Gasteiger partial charge in [0.15, 0.2) is 0 Å². The van der Waals surface area contributed by atoms with E-state index in [9.17, 15) is 0 Å². The van der Waals surface area contributed by atoms with E-state index in [0.717, 1.165) is 0 Å². The molecule has 0 spiro atoms. The van der Waals surface area contributed by atoms with Crippen LogP contribution >= 0.6 is 0 Å². The van der Waals surface area contributed by atoms with Crippen molar-refractivity contribution in [1.82, 2.24) is 8.80 Å². The molecule has 0 saturated heterocycles. The van der Waals surface area contributed by atoms with Crippen LogP contribution in [-0.2, 0) is 0 Å². The summed E-state index contributed by atoms with van der Waals surface area (Å²) in [6, 6.07) is 58.2. The fourth-order valence-corrected chi connectivity index (χ4v) is 7.43. The first-order valence-electron chi connectivity index (χ1n) is 15.2. The monoisotopic (exact) mass is 558 g/mol. The first kappa shape index (κ1) is 23.7. The van der Waals surface area contributed by atoms with Crippen LogP contribution in [0.4, 0.5) is 0 Å². The van der Waals surface area contributed by atoms with E-state index in [1.54, 1.807) is 0 Å². The fourth-order valence-electron chi connectivity index (χ4n) is 7.43. The lowest BCUT2D eigenvalue weighted by atomic mass is 10.1. The summed E-state index contributed by atoms with van der Waals surface area (Å²) in [5.74, 6) is 0. The van der Waals surface area contributed by atoms with Gasteiger partial charge in [0.05, 0.1) is 22.1 Å². The second-order valence-electron chi connectivity index (χ2n) is 11.8. The predicted octanol–water partition coefficient (Wildman–Crippen LogP) is 11.4. The van der Waals surface area contributed by atoms with Crippen molar-refractivity contribution in [3.63, 3.8) is 0 Å². The Bertz CT molecular complexity index is 2650. The van der Waals surface area contributed by atoms with Crippen LogP contribution in [0.3, 0.4) is 0 Å². The number of fused-ring (bicyclic) bond motifs is 3. The van der Waals surface area contributed by atoms with Gasteiger partial charge < -0.3 is 8.80 Å². The molecule has 14 rings (SSSR count). The van der Waals surface area contributed by atoms with Gasteiger partial charge in [-0.2, -0.15) is 0 Å². The van der Waals surface area contributed by atoms with Crippen LogP contribution in [0.25, 0.3) is 87.0 Å². The summed E-state index contributed by atoms with van der Waals surface area (Å²) in [6.07, 6.45) is 0. The highest BCUT2D eigenvalue weighted by atomic mass is 14.9. The maximum Gasteiger partial charge on any atom is 0.0548 e. The van der Waals surface area contributed by atoms with E-state index in [1.165, 1.54) is 87.0 Å². The summed E-state index contributed by atoms with van der Waals surface area (Å²) < 4.78 is 4.88. The third-order valence-corrected chi connectivity index (χ3v) is 9.45. The summed E-state index contributed by atoms with van der Waals surface area (Å²) in [5, 5.41) is 12.4. The highest BCUT2D eigenvalue weighted by molar-refractivity contribution is 6.28. The van der Waals surface area contributed by atoms with Gasteiger partial charge in [0.1, 0.15) is 0 Å². The Labute approximate surface area is 252 Å². The molecule has 7 heterocycles. The summed E-state index contributed by atoms with van der Waals surface area (Å²) in [5.41, 5.74) is 7.20. The molecule has 204 valence electrons. The highest BCUT2D eigenvalue weighted by Crippen LogP contribution is 2.40. The zero-order valence-electron chi connectivity index (χ0n) is 23.9. The van der Waals surface area contributed by atoms with E-state index in [-0.39, 0.29) is 0 Å². The van der Waals surface area contributed by atoms with Crippen molar-refractivity contribution in [1.29, 1.82) is 0 Å². The van der Waals surface area contributed by atoms with E-state index in [1.807, 2.05) is 0 Å². The standard InChI is InChI=1S/C42H26N2/c1-3-13-37-35(11-1)41-39-23-24-40-42(41)36-12-2-4-14-38(36)44(40)34-10-6-8-32(26-34)30-21-17-28(18-22-30)27-15-19-29(20-16-27)31-7-5-9-33(25-31)43(37)39/h1-26H. The van der Waals surface area contributed by atoms with Gasteiger partial charge in [-0.25, -0.2) is 0 Å². The van der Waals surface area contributed by atoms with Gasteiger partial charge in [-0.3, -0.25) is 0 Å². The maximum absolute atomic E-state index is 2.44. The maximum atomic E-state index is 2.44. The third kappa shape index (κ3) is 3.25. The predicted molar refractivity (Wildman–Crippen MR) is 189 cm³/mol. The van der Waals surface area contributed by atoms with Gasteiger partial charge in [-0.1, -0.05) is 109 Å². The molecule has 0 aliphatic heterocycles. The number of benzene rings is 7. The van der Waals surface area contributed by atoms with Crippen molar-refractivity contribution >= 4 is 87.0 Å². The van der Waals surface area contributed by atoms with Crippen LogP contribution in [0.15, 0.2) is 158 Å². The van der Waals surface area contributed by atoms with Gasteiger partial charge >= 0.3 is 0 Å². The second-order valence-corrected chi connectivity index (χ2v) is 11.8. The van der Waals surface area contributed by atoms with Crippen molar-refractivity contribution in [3.05, 3.63) is 158 Å². The lowest BCUT2D eigenvalue weighted by molar-refractivity contribution is 1.33. The molecule has 7 aromatic carbocycles. The van der Waals surface area contributed by atoms with E-state index < -0.39 is 0 Å². The summed E-state index contributed by atoms with van der Waals surface area (Å²) in [7, 11) is 0. The first-order chi connectivity index (χ1) is 21.8. The minimum absolute atomic E-state index is 1.17. The Morgan fingerprint density at radius 1 is 0.273 bits per heavy atom. The summed E-state index contributed by atoms with van der Waals surface area (Å²) in [4.78, 5) is 0. The van der Waals surface area contributed by atoms with Crippen molar-refractivity contribution in [2.24, 2.45) is 0 Å². The van der Waals surface area contributed by atoms with Crippen molar-refractivity contribution in [3.8, 4) is 0 Å². The molecule has 14 bridgehead atoms. The lowest BCUT2D eigenvalue weighted by Crippen LogP contribution is -1.86. The van der Waals surface area contributed by atoms with Crippen molar-refractivity contribution < 1.29 is 0 Å². The Morgan fingerprint density at radius 2 is 0.659 bits per heavy atom. The zero-order valence-corrected chi connectivity index (χ0v) is 23.9. The quantitative estimate of drug-likeness (QED) is 0.175. The molecule has 0 fully saturated rings. The molecular formula is C42H26N2.